The maximum Gasteiger partial charge on any atom is 0.278 e. The van der Waals surface area contributed by atoms with E-state index in [9.17, 15) is 23.7 Å². The Morgan fingerprint density at radius 2 is 1.92 bits per heavy atom. The number of halogens is 2. The fraction of sp³-hybridized carbons (Fsp3) is 0. The van der Waals surface area contributed by atoms with Gasteiger partial charge in [-0.25, -0.2) is 18.4 Å². The zero-order valence-corrected chi connectivity index (χ0v) is 12.4. The molecule has 2 aromatic heterocycles. The maximum atomic E-state index is 13.6. The Morgan fingerprint density at radius 3 is 2.56 bits per heavy atom. The Bertz CT molecular complexity index is 956. The zero-order chi connectivity index (χ0) is 18.0. The van der Waals surface area contributed by atoms with E-state index in [2.05, 4.69) is 15.4 Å². The van der Waals surface area contributed by atoms with Crippen LogP contribution in [-0.4, -0.2) is 25.6 Å². The van der Waals surface area contributed by atoms with Crippen molar-refractivity contribution in [3.05, 3.63) is 76.2 Å². The number of rotatable bonds is 4. The summed E-state index contributed by atoms with van der Waals surface area (Å²) in [6.45, 7) is 0. The number of non-ortho nitro benzene ring substituents is 1. The monoisotopic (exact) mass is 345 g/mol. The van der Waals surface area contributed by atoms with Crippen LogP contribution in [0.4, 0.5) is 20.3 Å². The molecule has 0 bridgehead atoms. The summed E-state index contributed by atoms with van der Waals surface area (Å²) in [4.78, 5) is 25.7. The Labute approximate surface area is 138 Å². The maximum absolute atomic E-state index is 13.6. The molecular formula is C15H9F2N5O3. The van der Waals surface area contributed by atoms with Crippen molar-refractivity contribution in [2.45, 2.75) is 0 Å². The average Bonchev–Trinajstić information content (AvgIpc) is 3.02. The number of nitro benzene ring substituents is 1. The zero-order valence-electron chi connectivity index (χ0n) is 12.4. The number of aromatic nitrogens is 3. The molecule has 25 heavy (non-hydrogen) atoms. The van der Waals surface area contributed by atoms with E-state index in [4.69, 9.17) is 0 Å². The first kappa shape index (κ1) is 16.2. The summed E-state index contributed by atoms with van der Waals surface area (Å²) in [7, 11) is 0. The highest BCUT2D eigenvalue weighted by Crippen LogP contribution is 2.19. The fourth-order valence-corrected chi connectivity index (χ4v) is 2.08. The van der Waals surface area contributed by atoms with Crippen LogP contribution in [0.25, 0.3) is 5.69 Å². The van der Waals surface area contributed by atoms with Crippen molar-refractivity contribution in [2.75, 3.05) is 5.32 Å². The number of hydrogen-bond donors (Lipinski definition) is 1. The molecule has 3 rings (SSSR count). The molecule has 0 aliphatic carbocycles. The fourth-order valence-electron chi connectivity index (χ4n) is 2.08. The first-order valence-corrected chi connectivity index (χ1v) is 6.87. The largest absolute Gasteiger partial charge is 0.305 e. The third-order valence-corrected chi connectivity index (χ3v) is 3.21. The molecule has 0 saturated carbocycles. The van der Waals surface area contributed by atoms with Crippen LogP contribution in [-0.2, 0) is 0 Å². The minimum Gasteiger partial charge on any atom is -0.305 e. The summed E-state index contributed by atoms with van der Waals surface area (Å²) >= 11 is 0. The van der Waals surface area contributed by atoms with Crippen LogP contribution in [0.2, 0.25) is 0 Å². The first-order chi connectivity index (χ1) is 12.0. The third-order valence-electron chi connectivity index (χ3n) is 3.21. The minimum absolute atomic E-state index is 0.0981. The van der Waals surface area contributed by atoms with Crippen molar-refractivity contribution >= 4 is 17.4 Å². The van der Waals surface area contributed by atoms with Gasteiger partial charge >= 0.3 is 0 Å². The molecule has 0 radical (unpaired) electrons. The van der Waals surface area contributed by atoms with Crippen molar-refractivity contribution in [3.8, 4) is 5.69 Å². The van der Waals surface area contributed by atoms with E-state index in [-0.39, 0.29) is 11.5 Å². The summed E-state index contributed by atoms with van der Waals surface area (Å²) in [5.74, 6) is -2.70. The van der Waals surface area contributed by atoms with Crippen LogP contribution in [0.5, 0.6) is 0 Å². The van der Waals surface area contributed by atoms with E-state index >= 15 is 0 Å². The van der Waals surface area contributed by atoms with E-state index in [1.165, 1.54) is 41.2 Å². The number of carbonyl (C=O) groups is 1. The first-order valence-electron chi connectivity index (χ1n) is 6.87. The predicted molar refractivity (Wildman–Crippen MR) is 82.3 cm³/mol. The molecule has 0 spiro atoms. The van der Waals surface area contributed by atoms with Crippen LogP contribution in [0, 0.1) is 21.7 Å². The number of hydrogen-bond acceptors (Lipinski definition) is 5. The Kier molecular flexibility index (Phi) is 4.16. The lowest BCUT2D eigenvalue weighted by molar-refractivity contribution is -0.384. The van der Waals surface area contributed by atoms with E-state index in [0.29, 0.717) is 11.8 Å². The standard InChI is InChI=1S/C15H9F2N5O3/c16-9-7-12(17)14(18-8-9)15(23)20-13-5-6-19-21(13)10-1-3-11(4-2-10)22(24)25/h1-8H,(H,20,23). The molecule has 1 N–H and O–H groups in total. The molecule has 0 aliphatic heterocycles. The van der Waals surface area contributed by atoms with Crippen molar-refractivity contribution in [2.24, 2.45) is 0 Å². The van der Waals surface area contributed by atoms with Gasteiger partial charge in [0.25, 0.3) is 11.6 Å². The molecule has 0 fully saturated rings. The highest BCUT2D eigenvalue weighted by molar-refractivity contribution is 6.02. The molecule has 3 aromatic rings. The molecule has 10 heteroatoms. The number of amides is 1. The van der Waals surface area contributed by atoms with Gasteiger partial charge in [0.05, 0.1) is 23.0 Å². The summed E-state index contributed by atoms with van der Waals surface area (Å²) in [5, 5.41) is 17.1. The lowest BCUT2D eigenvalue weighted by Gasteiger charge is -2.09. The third kappa shape index (κ3) is 3.32. The SMILES string of the molecule is O=C(Nc1ccnn1-c1ccc([N+](=O)[O-])cc1)c1ncc(F)cc1F. The second kappa shape index (κ2) is 6.43. The molecule has 2 heterocycles. The Balaban J connectivity index is 1.86. The Hall–Kier alpha value is -3.69. The van der Waals surface area contributed by atoms with Crippen molar-refractivity contribution in [3.63, 3.8) is 0 Å². The van der Waals surface area contributed by atoms with Gasteiger partial charge in [0.2, 0.25) is 0 Å². The van der Waals surface area contributed by atoms with Gasteiger partial charge in [-0.2, -0.15) is 5.10 Å². The van der Waals surface area contributed by atoms with Gasteiger partial charge in [-0.15, -0.1) is 0 Å². The van der Waals surface area contributed by atoms with Crippen LogP contribution < -0.4 is 5.32 Å². The molecule has 126 valence electrons. The number of benzene rings is 1. The quantitative estimate of drug-likeness (QED) is 0.578. The predicted octanol–water partition coefficient (Wildman–Crippen LogP) is 2.71. The van der Waals surface area contributed by atoms with Gasteiger partial charge in [-0.3, -0.25) is 14.9 Å². The lowest BCUT2D eigenvalue weighted by Crippen LogP contribution is -2.18. The topological polar surface area (TPSA) is 103 Å². The molecule has 1 amide bonds. The minimum atomic E-state index is -1.10. The highest BCUT2D eigenvalue weighted by Gasteiger charge is 2.17. The smallest absolute Gasteiger partial charge is 0.278 e. The van der Waals surface area contributed by atoms with Gasteiger partial charge < -0.3 is 5.32 Å². The summed E-state index contributed by atoms with van der Waals surface area (Å²) in [6, 6.07) is 7.44. The van der Waals surface area contributed by atoms with E-state index < -0.39 is 28.2 Å². The van der Waals surface area contributed by atoms with Crippen molar-refractivity contribution in [1.29, 1.82) is 0 Å². The van der Waals surface area contributed by atoms with Crippen LogP contribution in [0.3, 0.4) is 0 Å². The van der Waals surface area contributed by atoms with E-state index in [0.717, 1.165) is 6.20 Å². The number of anilines is 1. The number of nitrogens with zero attached hydrogens (tertiary/aromatic N) is 4. The molecular weight excluding hydrogens is 336 g/mol. The molecule has 0 atom stereocenters. The molecule has 1 aromatic carbocycles. The number of nitro groups is 1. The van der Waals surface area contributed by atoms with Gasteiger partial charge in [0, 0.05) is 24.3 Å². The van der Waals surface area contributed by atoms with Crippen LogP contribution >= 0.6 is 0 Å². The normalized spacial score (nSPS) is 10.5. The average molecular weight is 345 g/mol. The van der Waals surface area contributed by atoms with Gasteiger partial charge in [0.15, 0.2) is 11.5 Å². The van der Waals surface area contributed by atoms with Gasteiger partial charge in [-0.1, -0.05) is 0 Å². The molecule has 0 aliphatic rings. The van der Waals surface area contributed by atoms with Gasteiger partial charge in [0.1, 0.15) is 11.6 Å². The second-order valence-corrected chi connectivity index (χ2v) is 4.84. The van der Waals surface area contributed by atoms with E-state index in [1.807, 2.05) is 0 Å². The van der Waals surface area contributed by atoms with Crippen LogP contribution in [0.15, 0.2) is 48.8 Å². The second-order valence-electron chi connectivity index (χ2n) is 4.84. The van der Waals surface area contributed by atoms with Crippen molar-refractivity contribution < 1.29 is 18.5 Å². The highest BCUT2D eigenvalue weighted by atomic mass is 19.1. The van der Waals surface area contributed by atoms with Gasteiger partial charge in [-0.05, 0) is 12.1 Å². The number of nitrogens with one attached hydrogen (secondary N) is 1. The summed E-state index contributed by atoms with van der Waals surface area (Å²) in [5.41, 5.74) is -0.227. The van der Waals surface area contributed by atoms with Crippen LogP contribution in [0.1, 0.15) is 10.5 Å². The Morgan fingerprint density at radius 1 is 1.20 bits per heavy atom. The van der Waals surface area contributed by atoms with E-state index in [1.54, 1.807) is 0 Å². The summed E-state index contributed by atoms with van der Waals surface area (Å²) in [6.07, 6.45) is 2.11. The number of carbonyl (C=O) groups excluding carboxylic acids is 1. The molecule has 0 saturated heterocycles. The molecule has 8 nitrogen and oxygen atoms in total. The van der Waals surface area contributed by atoms with Crippen molar-refractivity contribution in [1.82, 2.24) is 14.8 Å². The summed E-state index contributed by atoms with van der Waals surface area (Å²) < 4.78 is 27.8. The number of pyridine rings is 1. The molecule has 0 unspecified atom stereocenters. The lowest BCUT2D eigenvalue weighted by atomic mass is 10.3.